The van der Waals surface area contributed by atoms with Gasteiger partial charge in [-0.05, 0) is 166 Å². The molecule has 0 spiro atoms. The number of benzene rings is 11. The van der Waals surface area contributed by atoms with Gasteiger partial charge in [0.25, 0.3) is 0 Å². The number of para-hydroxylation sites is 8. The van der Waals surface area contributed by atoms with E-state index in [1.807, 2.05) is 54.6 Å². The number of rotatable bonds is 35. The van der Waals surface area contributed by atoms with E-state index < -0.39 is 0 Å². The van der Waals surface area contributed by atoms with Crippen LogP contribution in [0.3, 0.4) is 0 Å². The largest absolute Gasteiger partial charge is 0.493 e. The van der Waals surface area contributed by atoms with Gasteiger partial charge in [-0.3, -0.25) is 9.59 Å². The molecule has 0 N–H and O–H groups in total. The Morgan fingerprint density at radius 3 is 0.745 bits per heavy atom. The molecule has 0 fully saturated rings. The third-order valence-electron chi connectivity index (χ3n) is 19.7. The molecule has 0 amide bonds. The molecule has 15 aromatic rings. The number of fused-ring (bicyclic) bond motifs is 12. The topological polar surface area (TPSA) is 109 Å². The zero-order chi connectivity index (χ0) is 69.0. The lowest BCUT2D eigenvalue weighted by Gasteiger charge is -2.16. The molecule has 4 aromatic heterocycles. The van der Waals surface area contributed by atoms with Crippen molar-refractivity contribution in [2.45, 2.75) is 117 Å². The van der Waals surface area contributed by atoms with Gasteiger partial charge >= 0.3 is 0 Å². The van der Waals surface area contributed by atoms with Crippen molar-refractivity contribution in [2.24, 2.45) is 0 Å². The maximum atomic E-state index is 13.0. The Bertz CT molecular complexity index is 4650. The van der Waals surface area contributed by atoms with Crippen LogP contribution in [0.5, 0.6) is 34.5 Å². The van der Waals surface area contributed by atoms with Gasteiger partial charge in [0.1, 0.15) is 59.3 Å². The molecule has 0 radical (unpaired) electrons. The van der Waals surface area contributed by atoms with Gasteiger partial charge in [0.2, 0.25) is 0 Å². The Hall–Kier alpha value is -11.2. The number of ether oxygens (including phenoxy) is 6. The Morgan fingerprint density at radius 1 is 0.275 bits per heavy atom. The first kappa shape index (κ1) is 66.6. The lowest BCUT2D eigenvalue weighted by atomic mass is 10.0. The van der Waals surface area contributed by atoms with Crippen LogP contribution in [-0.2, 0) is 55.4 Å². The Balaban J connectivity index is 0.641. The quantitative estimate of drug-likeness (QED) is 0.0285. The van der Waals surface area contributed by atoms with Gasteiger partial charge in [0.05, 0.1) is 32.8 Å². The van der Waals surface area contributed by atoms with Crippen LogP contribution in [0.4, 0.5) is 0 Å². The van der Waals surface area contributed by atoms with Crippen molar-refractivity contribution in [3.05, 3.63) is 265 Å². The monoisotopic (exact) mass is 1350 g/mol. The first-order chi connectivity index (χ1) is 50.3. The van der Waals surface area contributed by atoms with E-state index in [4.69, 9.17) is 28.4 Å². The summed E-state index contributed by atoms with van der Waals surface area (Å²) in [5.74, 6) is 3.74. The molecule has 514 valence electrons. The van der Waals surface area contributed by atoms with Crippen LogP contribution >= 0.6 is 0 Å². The van der Waals surface area contributed by atoms with E-state index in [1.165, 1.54) is 94.1 Å². The predicted molar refractivity (Wildman–Crippen MR) is 413 cm³/mol. The highest BCUT2D eigenvalue weighted by molar-refractivity contribution is 6.10. The van der Waals surface area contributed by atoms with E-state index in [1.54, 1.807) is 0 Å². The molecule has 0 aliphatic rings. The Labute approximate surface area is 595 Å². The lowest BCUT2D eigenvalue weighted by Crippen LogP contribution is -2.06. The molecule has 12 nitrogen and oxygen atoms in total. The molecular weight excluding hydrogens is 1270 g/mol. The second kappa shape index (κ2) is 31.5. The van der Waals surface area contributed by atoms with Gasteiger partial charge in [-0.15, -0.1) is 0 Å². The fraction of sp³-hybridized carbons (Fsp3) is 0.244. The predicted octanol–water partition coefficient (Wildman–Crippen LogP) is 21.2. The molecule has 0 aliphatic carbocycles. The van der Waals surface area contributed by atoms with E-state index >= 15 is 0 Å². The number of aromatic nitrogens is 4. The third-order valence-corrected chi connectivity index (χ3v) is 19.7. The van der Waals surface area contributed by atoms with E-state index in [0.717, 1.165) is 94.2 Å². The standard InChI is InChI=1S/C90H86N4O8/c1-64(95)52-68(96)43-42-65-53-73(101-62-66-55-69(97-48-22-18-44-91-83-34-10-2-26-75(83)76-27-3-11-35-84(76)91)59-70(56-66)98-49-23-19-45-92-85-36-12-4-28-77(85)78-29-5-13-37-86(78)92)61-74(54-65)102-63-67-57-71(99-50-24-20-46-93-87-38-14-6-30-79(87)80-31-7-15-39-88(80)93)60-72(58-67)100-51-25-21-47-94-89-40-16-8-32-81(89)82-33-9-17-41-90(82)94/h2-17,26-41,53-61H,18-25,42-52,62-63H2,1H3. The molecule has 0 saturated carbocycles. The molecule has 12 heteroatoms. The Morgan fingerprint density at radius 2 is 0.500 bits per heavy atom. The van der Waals surface area contributed by atoms with Crippen LogP contribution in [0.15, 0.2) is 249 Å². The molecule has 0 unspecified atom stereocenters. The number of nitrogens with zero attached hydrogens (tertiary/aromatic N) is 4. The fourth-order valence-corrected chi connectivity index (χ4v) is 14.9. The minimum atomic E-state index is -0.150. The zero-order valence-corrected chi connectivity index (χ0v) is 58.1. The molecule has 0 saturated heterocycles. The lowest BCUT2D eigenvalue weighted by molar-refractivity contribution is -0.125. The van der Waals surface area contributed by atoms with Crippen LogP contribution in [0.1, 0.15) is 87.8 Å². The van der Waals surface area contributed by atoms with Crippen molar-refractivity contribution < 1.29 is 38.0 Å². The number of ketones is 2. The molecule has 102 heavy (non-hydrogen) atoms. The molecule has 15 rings (SSSR count). The van der Waals surface area contributed by atoms with Crippen LogP contribution < -0.4 is 28.4 Å². The summed E-state index contributed by atoms with van der Waals surface area (Å²) in [6.07, 6.45) is 7.68. The van der Waals surface area contributed by atoms with Crippen molar-refractivity contribution in [1.29, 1.82) is 0 Å². The van der Waals surface area contributed by atoms with Gasteiger partial charge in [0.15, 0.2) is 0 Å². The van der Waals surface area contributed by atoms with Crippen molar-refractivity contribution >= 4 is 98.8 Å². The number of unbranched alkanes of at least 4 members (excludes halogenated alkanes) is 4. The van der Waals surface area contributed by atoms with Gasteiger partial charge < -0.3 is 46.7 Å². The number of aryl methyl sites for hydroxylation is 5. The van der Waals surface area contributed by atoms with E-state index in [0.29, 0.717) is 67.3 Å². The molecule has 0 aliphatic heterocycles. The smallest absolute Gasteiger partial charge is 0.140 e. The highest BCUT2D eigenvalue weighted by atomic mass is 16.5. The van der Waals surface area contributed by atoms with Crippen LogP contribution in [0.2, 0.25) is 0 Å². The normalized spacial score (nSPS) is 11.7. The molecule has 11 aromatic carbocycles. The van der Waals surface area contributed by atoms with Crippen molar-refractivity contribution in [3.8, 4) is 34.5 Å². The summed E-state index contributed by atoms with van der Waals surface area (Å²) < 4.78 is 49.6. The number of hydrogen-bond donors (Lipinski definition) is 0. The van der Waals surface area contributed by atoms with E-state index in [2.05, 4.69) is 212 Å². The van der Waals surface area contributed by atoms with Crippen LogP contribution in [0.25, 0.3) is 87.2 Å². The average Bonchev–Trinajstić information content (AvgIpc) is 1.63. The molecule has 0 atom stereocenters. The maximum absolute atomic E-state index is 13.0. The zero-order valence-electron chi connectivity index (χ0n) is 58.1. The number of carbonyl (C=O) groups is 2. The minimum Gasteiger partial charge on any atom is -0.493 e. The summed E-state index contributed by atoms with van der Waals surface area (Å²) >= 11 is 0. The highest BCUT2D eigenvalue weighted by Gasteiger charge is 2.17. The highest BCUT2D eigenvalue weighted by Crippen LogP contribution is 2.36. The summed E-state index contributed by atoms with van der Waals surface area (Å²) in [7, 11) is 0. The summed E-state index contributed by atoms with van der Waals surface area (Å²) in [4.78, 5) is 25.1. The summed E-state index contributed by atoms with van der Waals surface area (Å²) in [5.41, 5.74) is 12.6. The fourth-order valence-electron chi connectivity index (χ4n) is 14.9. The molecule has 4 heterocycles. The third kappa shape index (κ3) is 15.2. The minimum absolute atomic E-state index is 0.100. The Kier molecular flexibility index (Phi) is 20.6. The first-order valence-corrected chi connectivity index (χ1v) is 36.4. The first-order valence-electron chi connectivity index (χ1n) is 36.4. The molecule has 0 bridgehead atoms. The van der Waals surface area contributed by atoms with Gasteiger partial charge in [-0.1, -0.05) is 146 Å². The maximum Gasteiger partial charge on any atom is 0.140 e. The van der Waals surface area contributed by atoms with Crippen molar-refractivity contribution in [3.63, 3.8) is 0 Å². The van der Waals surface area contributed by atoms with Gasteiger partial charge in [-0.25, -0.2) is 0 Å². The SMILES string of the molecule is CC(=O)CC(=O)CCc1cc(OCc2cc(OCCCCn3c4ccccc4c4ccccc43)cc(OCCCCn3c4ccccc4c4ccccc43)c2)cc(OCc2cc(OCCCCn3c4ccccc4c4ccccc43)cc(OCCCCn3c4ccccc4c4ccccc43)c2)c1. The summed E-state index contributed by atoms with van der Waals surface area (Å²) in [5, 5.41) is 10.2. The van der Waals surface area contributed by atoms with Crippen molar-refractivity contribution in [2.75, 3.05) is 26.4 Å². The van der Waals surface area contributed by atoms with Gasteiger partial charge in [0, 0.05) is 138 Å². The second-order valence-corrected chi connectivity index (χ2v) is 26.9. The van der Waals surface area contributed by atoms with Crippen LogP contribution in [0, 0.1) is 0 Å². The molecular formula is C90H86N4O8. The number of hydrogen-bond acceptors (Lipinski definition) is 8. The number of Topliss-reactive ketones (excluding diaryl/α,β-unsaturated/α-hetero) is 2. The van der Waals surface area contributed by atoms with Gasteiger partial charge in [-0.2, -0.15) is 0 Å². The average molecular weight is 1350 g/mol. The number of carbonyl (C=O) groups excluding carboxylic acids is 2. The second-order valence-electron chi connectivity index (χ2n) is 26.9. The summed E-state index contributed by atoms with van der Waals surface area (Å²) in [6, 6.07) is 87.2. The summed E-state index contributed by atoms with van der Waals surface area (Å²) in [6.45, 7) is 7.49. The van der Waals surface area contributed by atoms with Crippen molar-refractivity contribution in [1.82, 2.24) is 18.3 Å². The van der Waals surface area contributed by atoms with Crippen LogP contribution in [-0.4, -0.2) is 56.3 Å². The van der Waals surface area contributed by atoms with E-state index in [9.17, 15) is 9.59 Å². The van der Waals surface area contributed by atoms with E-state index in [-0.39, 0.29) is 37.6 Å².